The summed E-state index contributed by atoms with van der Waals surface area (Å²) in [6.07, 6.45) is 10.9. The van der Waals surface area contributed by atoms with Gasteiger partial charge >= 0.3 is 6.03 Å². The van der Waals surface area contributed by atoms with Crippen LogP contribution in [0.15, 0.2) is 11.6 Å². The Morgan fingerprint density at radius 2 is 2.06 bits per heavy atom. The molecule has 1 aliphatic carbocycles. The fourth-order valence-corrected chi connectivity index (χ4v) is 2.49. The molecule has 3 nitrogen and oxygen atoms in total. The lowest BCUT2D eigenvalue weighted by atomic mass is 9.97. The van der Waals surface area contributed by atoms with Gasteiger partial charge in [-0.15, -0.1) is 0 Å². The smallest absolute Gasteiger partial charge is 0.317 e. The van der Waals surface area contributed by atoms with Crippen molar-refractivity contribution < 1.29 is 4.79 Å². The third kappa shape index (κ3) is 3.26. The monoisotopic (exact) mass is 222 g/mol. The highest BCUT2D eigenvalue weighted by molar-refractivity contribution is 5.74. The zero-order valence-corrected chi connectivity index (χ0v) is 10.0. The topological polar surface area (TPSA) is 32.3 Å². The third-order valence-electron chi connectivity index (χ3n) is 3.50. The van der Waals surface area contributed by atoms with Gasteiger partial charge in [-0.25, -0.2) is 4.79 Å². The molecule has 0 aromatic heterocycles. The summed E-state index contributed by atoms with van der Waals surface area (Å²) in [6, 6.07) is 0.133. The van der Waals surface area contributed by atoms with Crippen molar-refractivity contribution in [3.05, 3.63) is 11.6 Å². The highest BCUT2D eigenvalue weighted by Gasteiger charge is 2.16. The summed E-state index contributed by atoms with van der Waals surface area (Å²) in [5.74, 6) is 0. The third-order valence-corrected chi connectivity index (χ3v) is 3.50. The number of carbonyl (C=O) groups excluding carboxylic acids is 1. The molecule has 0 aromatic carbocycles. The van der Waals surface area contributed by atoms with E-state index in [1.54, 1.807) is 0 Å². The molecule has 0 saturated carbocycles. The van der Waals surface area contributed by atoms with Crippen LogP contribution in [-0.2, 0) is 0 Å². The van der Waals surface area contributed by atoms with Gasteiger partial charge in [0, 0.05) is 19.6 Å². The van der Waals surface area contributed by atoms with Gasteiger partial charge in [0.25, 0.3) is 0 Å². The van der Waals surface area contributed by atoms with E-state index in [2.05, 4.69) is 11.4 Å². The molecule has 0 atom stereocenters. The van der Waals surface area contributed by atoms with Gasteiger partial charge in [0.1, 0.15) is 0 Å². The molecule has 1 aliphatic heterocycles. The maximum Gasteiger partial charge on any atom is 0.317 e. The van der Waals surface area contributed by atoms with Crippen molar-refractivity contribution in [2.45, 2.75) is 44.9 Å². The molecule has 0 unspecified atom stereocenters. The van der Waals surface area contributed by atoms with Gasteiger partial charge in [-0.3, -0.25) is 0 Å². The molecular weight excluding hydrogens is 200 g/mol. The van der Waals surface area contributed by atoms with Crippen LogP contribution in [0.1, 0.15) is 44.9 Å². The molecule has 2 amide bonds. The van der Waals surface area contributed by atoms with E-state index in [1.165, 1.54) is 44.1 Å². The van der Waals surface area contributed by atoms with Crippen molar-refractivity contribution in [2.24, 2.45) is 0 Å². The molecule has 0 bridgehead atoms. The molecule has 0 spiro atoms. The molecule has 1 fully saturated rings. The molecule has 1 heterocycles. The van der Waals surface area contributed by atoms with Crippen LogP contribution in [0.4, 0.5) is 4.79 Å². The zero-order valence-electron chi connectivity index (χ0n) is 10.0. The quantitative estimate of drug-likeness (QED) is 0.732. The maximum absolute atomic E-state index is 11.7. The van der Waals surface area contributed by atoms with E-state index >= 15 is 0 Å². The molecule has 1 N–H and O–H groups in total. The Kier molecular flexibility index (Phi) is 4.25. The predicted molar refractivity (Wildman–Crippen MR) is 65.4 cm³/mol. The molecule has 1 saturated heterocycles. The number of allylic oxidation sites excluding steroid dienone is 1. The van der Waals surface area contributed by atoms with Gasteiger partial charge in [-0.1, -0.05) is 11.6 Å². The number of nitrogens with one attached hydrogen (secondary N) is 1. The minimum atomic E-state index is 0.133. The molecular formula is C13H22N2O. The summed E-state index contributed by atoms with van der Waals surface area (Å²) in [4.78, 5) is 13.6. The second-order valence-electron chi connectivity index (χ2n) is 4.78. The lowest BCUT2D eigenvalue weighted by Gasteiger charge is -2.17. The number of amides is 2. The highest BCUT2D eigenvalue weighted by Crippen LogP contribution is 2.19. The summed E-state index contributed by atoms with van der Waals surface area (Å²) >= 11 is 0. The van der Waals surface area contributed by atoms with Gasteiger partial charge in [-0.05, 0) is 44.9 Å². The first-order valence-electron chi connectivity index (χ1n) is 6.57. The van der Waals surface area contributed by atoms with E-state index in [9.17, 15) is 4.79 Å². The summed E-state index contributed by atoms with van der Waals surface area (Å²) < 4.78 is 0. The van der Waals surface area contributed by atoms with Crippen LogP contribution in [0.25, 0.3) is 0 Å². The number of nitrogens with zero attached hydrogens (tertiary/aromatic N) is 1. The van der Waals surface area contributed by atoms with E-state index in [4.69, 9.17) is 0 Å². The Bertz CT molecular complexity index is 267. The summed E-state index contributed by atoms with van der Waals surface area (Å²) in [7, 11) is 0. The van der Waals surface area contributed by atoms with E-state index in [1.807, 2.05) is 4.90 Å². The molecule has 2 aliphatic rings. The first kappa shape index (κ1) is 11.5. The molecule has 3 heteroatoms. The zero-order chi connectivity index (χ0) is 11.2. The standard InChI is InChI=1S/C13H22N2O/c16-13(15-10-4-5-11-15)14-9-8-12-6-2-1-3-7-12/h6H,1-5,7-11H2,(H,14,16). The number of hydrogen-bond acceptors (Lipinski definition) is 1. The van der Waals surface area contributed by atoms with Crippen LogP contribution >= 0.6 is 0 Å². The van der Waals surface area contributed by atoms with Crippen molar-refractivity contribution in [2.75, 3.05) is 19.6 Å². The van der Waals surface area contributed by atoms with E-state index in [-0.39, 0.29) is 6.03 Å². The van der Waals surface area contributed by atoms with Crippen molar-refractivity contribution in [1.29, 1.82) is 0 Å². The highest BCUT2D eigenvalue weighted by atomic mass is 16.2. The second kappa shape index (κ2) is 5.92. The molecule has 2 rings (SSSR count). The summed E-state index contributed by atoms with van der Waals surface area (Å²) in [5, 5.41) is 3.02. The maximum atomic E-state index is 11.7. The van der Waals surface area contributed by atoms with Gasteiger partial charge in [0.15, 0.2) is 0 Å². The lowest BCUT2D eigenvalue weighted by molar-refractivity contribution is 0.209. The summed E-state index contributed by atoms with van der Waals surface area (Å²) in [6.45, 7) is 2.68. The van der Waals surface area contributed by atoms with Crippen LogP contribution in [0.5, 0.6) is 0 Å². The minimum absolute atomic E-state index is 0.133. The Morgan fingerprint density at radius 3 is 2.75 bits per heavy atom. The fourth-order valence-electron chi connectivity index (χ4n) is 2.49. The van der Waals surface area contributed by atoms with Gasteiger partial charge in [0.05, 0.1) is 0 Å². The first-order chi connectivity index (χ1) is 7.86. The van der Waals surface area contributed by atoms with Crippen molar-refractivity contribution in [1.82, 2.24) is 10.2 Å². The molecule has 0 aromatic rings. The van der Waals surface area contributed by atoms with Crippen molar-refractivity contribution in [3.63, 3.8) is 0 Å². The van der Waals surface area contributed by atoms with Crippen LogP contribution in [0.3, 0.4) is 0 Å². The number of rotatable bonds is 3. The van der Waals surface area contributed by atoms with Crippen molar-refractivity contribution >= 4 is 6.03 Å². The van der Waals surface area contributed by atoms with Crippen molar-refractivity contribution in [3.8, 4) is 0 Å². The summed E-state index contributed by atoms with van der Waals surface area (Å²) in [5.41, 5.74) is 1.54. The number of carbonyl (C=O) groups is 1. The normalized spacial score (nSPS) is 20.8. The first-order valence-corrected chi connectivity index (χ1v) is 6.57. The Morgan fingerprint density at radius 1 is 1.25 bits per heavy atom. The van der Waals surface area contributed by atoms with Crippen LogP contribution < -0.4 is 5.32 Å². The van der Waals surface area contributed by atoms with E-state index in [0.717, 1.165) is 26.1 Å². The molecule has 16 heavy (non-hydrogen) atoms. The van der Waals surface area contributed by atoms with Crippen LogP contribution in [0, 0.1) is 0 Å². The average molecular weight is 222 g/mol. The van der Waals surface area contributed by atoms with Crippen LogP contribution in [0.2, 0.25) is 0 Å². The molecule has 90 valence electrons. The minimum Gasteiger partial charge on any atom is -0.338 e. The van der Waals surface area contributed by atoms with Gasteiger partial charge in [0.2, 0.25) is 0 Å². The fraction of sp³-hybridized carbons (Fsp3) is 0.769. The van der Waals surface area contributed by atoms with Gasteiger partial charge < -0.3 is 10.2 Å². The average Bonchev–Trinajstić information content (AvgIpc) is 2.84. The number of likely N-dealkylation sites (tertiary alicyclic amines) is 1. The Hall–Kier alpha value is -0.990. The Labute approximate surface area is 97.9 Å². The SMILES string of the molecule is O=C(NCCC1=CCCCC1)N1CCCC1. The number of hydrogen-bond donors (Lipinski definition) is 1. The van der Waals surface area contributed by atoms with Crippen LogP contribution in [-0.4, -0.2) is 30.6 Å². The molecule has 0 radical (unpaired) electrons. The lowest BCUT2D eigenvalue weighted by Crippen LogP contribution is -2.38. The number of urea groups is 1. The van der Waals surface area contributed by atoms with E-state index in [0.29, 0.717) is 0 Å². The Balaban J connectivity index is 1.63. The largest absolute Gasteiger partial charge is 0.338 e. The van der Waals surface area contributed by atoms with E-state index < -0.39 is 0 Å². The second-order valence-corrected chi connectivity index (χ2v) is 4.78. The van der Waals surface area contributed by atoms with Gasteiger partial charge in [-0.2, -0.15) is 0 Å². The predicted octanol–water partition coefficient (Wildman–Crippen LogP) is 2.68.